The summed E-state index contributed by atoms with van der Waals surface area (Å²) in [7, 11) is 0. The highest BCUT2D eigenvalue weighted by molar-refractivity contribution is 5.76. The Labute approximate surface area is 137 Å². The standard InChI is InChI=1S/C18H27N3O2/c1-3-21-16-9-6-5-8-15(16)19-18(21)17-10-7-11-20(17)12-14(22)13-23-4-2/h5-6,8-9,14,17,22H,3-4,7,10-13H2,1-2H3/t14-,17-/m0/s1. The van der Waals surface area contributed by atoms with Crippen LogP contribution in [0.4, 0.5) is 0 Å². The summed E-state index contributed by atoms with van der Waals surface area (Å²) in [5, 5.41) is 10.2. The maximum absolute atomic E-state index is 10.2. The third-order valence-corrected chi connectivity index (χ3v) is 4.62. The van der Waals surface area contributed by atoms with Gasteiger partial charge in [-0.3, -0.25) is 4.90 Å². The van der Waals surface area contributed by atoms with Gasteiger partial charge in [0, 0.05) is 19.7 Å². The normalized spacial score (nSPS) is 20.4. The first-order chi connectivity index (χ1) is 11.2. The summed E-state index contributed by atoms with van der Waals surface area (Å²) in [6.07, 6.45) is 1.82. The highest BCUT2D eigenvalue weighted by Crippen LogP contribution is 2.33. The largest absolute Gasteiger partial charge is 0.389 e. The number of imidazole rings is 1. The van der Waals surface area contributed by atoms with Crippen LogP contribution in [0.3, 0.4) is 0 Å². The third-order valence-electron chi connectivity index (χ3n) is 4.62. The number of hydrogen-bond acceptors (Lipinski definition) is 4. The van der Waals surface area contributed by atoms with Crippen molar-refractivity contribution in [2.24, 2.45) is 0 Å². The van der Waals surface area contributed by atoms with Crippen LogP contribution in [-0.2, 0) is 11.3 Å². The van der Waals surface area contributed by atoms with Crippen molar-refractivity contribution in [1.29, 1.82) is 0 Å². The Balaban J connectivity index is 1.82. The molecule has 0 aliphatic carbocycles. The van der Waals surface area contributed by atoms with Gasteiger partial charge in [0.2, 0.25) is 0 Å². The molecule has 2 aromatic rings. The lowest BCUT2D eigenvalue weighted by Gasteiger charge is -2.26. The van der Waals surface area contributed by atoms with Crippen molar-refractivity contribution >= 4 is 11.0 Å². The smallest absolute Gasteiger partial charge is 0.127 e. The minimum absolute atomic E-state index is 0.290. The fraction of sp³-hybridized carbons (Fsp3) is 0.611. The zero-order chi connectivity index (χ0) is 16.2. The first-order valence-corrected chi connectivity index (χ1v) is 8.69. The molecule has 23 heavy (non-hydrogen) atoms. The van der Waals surface area contributed by atoms with E-state index in [4.69, 9.17) is 9.72 Å². The summed E-state index contributed by atoms with van der Waals surface area (Å²) in [5.41, 5.74) is 2.26. The molecule has 3 rings (SSSR count). The van der Waals surface area contributed by atoms with Crippen LogP contribution in [0.15, 0.2) is 24.3 Å². The predicted octanol–water partition coefficient (Wildman–Crippen LogP) is 2.59. The SMILES string of the molecule is CCOC[C@@H](O)CN1CCC[C@H]1c1nc2ccccc2n1CC. The Kier molecular flexibility index (Phi) is 5.30. The molecule has 0 unspecified atom stereocenters. The molecule has 1 aliphatic heterocycles. The number of benzene rings is 1. The molecule has 1 aliphatic rings. The number of aromatic nitrogens is 2. The van der Waals surface area contributed by atoms with E-state index in [9.17, 15) is 5.11 Å². The second kappa shape index (κ2) is 7.43. The fourth-order valence-electron chi connectivity index (χ4n) is 3.60. The molecule has 0 bridgehead atoms. The zero-order valence-corrected chi connectivity index (χ0v) is 14.1. The van der Waals surface area contributed by atoms with Gasteiger partial charge in [-0.15, -0.1) is 0 Å². The number of aryl methyl sites for hydroxylation is 1. The highest BCUT2D eigenvalue weighted by Gasteiger charge is 2.31. The second-order valence-electron chi connectivity index (χ2n) is 6.17. The van der Waals surface area contributed by atoms with Gasteiger partial charge in [0.1, 0.15) is 5.82 Å². The Morgan fingerprint density at radius 3 is 2.96 bits per heavy atom. The maximum atomic E-state index is 10.2. The van der Waals surface area contributed by atoms with E-state index < -0.39 is 6.10 Å². The lowest BCUT2D eigenvalue weighted by molar-refractivity contribution is 0.0178. The molecule has 0 radical (unpaired) electrons. The first kappa shape index (κ1) is 16.4. The van der Waals surface area contributed by atoms with Crippen molar-refractivity contribution < 1.29 is 9.84 Å². The lowest BCUT2D eigenvalue weighted by atomic mass is 10.2. The van der Waals surface area contributed by atoms with Crippen LogP contribution in [0.2, 0.25) is 0 Å². The van der Waals surface area contributed by atoms with E-state index >= 15 is 0 Å². The monoisotopic (exact) mass is 317 g/mol. The van der Waals surface area contributed by atoms with Gasteiger partial charge in [0.25, 0.3) is 0 Å². The van der Waals surface area contributed by atoms with Gasteiger partial charge >= 0.3 is 0 Å². The van der Waals surface area contributed by atoms with Crippen LogP contribution < -0.4 is 0 Å². The number of hydrogen-bond donors (Lipinski definition) is 1. The van der Waals surface area contributed by atoms with Gasteiger partial charge < -0.3 is 14.4 Å². The van der Waals surface area contributed by atoms with Gasteiger partial charge in [0.05, 0.1) is 29.8 Å². The van der Waals surface area contributed by atoms with Crippen LogP contribution in [0.1, 0.15) is 38.6 Å². The van der Waals surface area contributed by atoms with Gasteiger partial charge in [-0.25, -0.2) is 4.98 Å². The second-order valence-corrected chi connectivity index (χ2v) is 6.17. The molecule has 5 nitrogen and oxygen atoms in total. The van der Waals surface area contributed by atoms with Crippen molar-refractivity contribution in [2.45, 2.75) is 45.4 Å². The third kappa shape index (κ3) is 3.42. The highest BCUT2D eigenvalue weighted by atomic mass is 16.5. The fourth-order valence-corrected chi connectivity index (χ4v) is 3.60. The quantitative estimate of drug-likeness (QED) is 0.853. The number of para-hydroxylation sites is 2. The molecule has 126 valence electrons. The summed E-state index contributed by atoms with van der Waals surface area (Å²) in [4.78, 5) is 7.25. The van der Waals surface area contributed by atoms with Crippen molar-refractivity contribution in [3.8, 4) is 0 Å². The summed E-state index contributed by atoms with van der Waals surface area (Å²) in [5.74, 6) is 1.13. The number of aliphatic hydroxyl groups excluding tert-OH is 1. The predicted molar refractivity (Wildman–Crippen MR) is 91.5 cm³/mol. The molecule has 1 saturated heterocycles. The number of β-amino-alcohol motifs (C(OH)–C–C–N with tert-alkyl or cyclic N) is 1. The number of aliphatic hydroxyl groups is 1. The van der Waals surface area contributed by atoms with E-state index in [1.54, 1.807) is 0 Å². The molecule has 1 aromatic carbocycles. The lowest BCUT2D eigenvalue weighted by Crippen LogP contribution is -2.35. The molecule has 1 N–H and O–H groups in total. The number of fused-ring (bicyclic) bond motifs is 1. The van der Waals surface area contributed by atoms with Crippen molar-refractivity contribution in [3.05, 3.63) is 30.1 Å². The van der Waals surface area contributed by atoms with Gasteiger partial charge in [-0.1, -0.05) is 12.1 Å². The Morgan fingerprint density at radius 1 is 1.35 bits per heavy atom. The molecule has 1 aromatic heterocycles. The van der Waals surface area contributed by atoms with E-state index in [2.05, 4.69) is 34.6 Å². The molecular weight excluding hydrogens is 290 g/mol. The molecule has 0 saturated carbocycles. The molecule has 1 fully saturated rings. The summed E-state index contributed by atoms with van der Waals surface area (Å²) in [6, 6.07) is 8.61. The molecule has 0 spiro atoms. The van der Waals surface area contributed by atoms with E-state index in [0.29, 0.717) is 25.8 Å². The van der Waals surface area contributed by atoms with E-state index in [1.165, 1.54) is 5.52 Å². The Bertz CT molecular complexity index is 640. The van der Waals surface area contributed by atoms with Gasteiger partial charge in [-0.2, -0.15) is 0 Å². The molecule has 5 heteroatoms. The summed E-state index contributed by atoms with van der Waals surface area (Å²) >= 11 is 0. The Hall–Kier alpha value is -1.43. The maximum Gasteiger partial charge on any atom is 0.127 e. The van der Waals surface area contributed by atoms with Gasteiger partial charge in [-0.05, 0) is 45.4 Å². The van der Waals surface area contributed by atoms with E-state index in [-0.39, 0.29) is 0 Å². The van der Waals surface area contributed by atoms with Crippen LogP contribution in [0, 0.1) is 0 Å². The van der Waals surface area contributed by atoms with Crippen molar-refractivity contribution in [2.75, 3.05) is 26.3 Å². The number of ether oxygens (including phenoxy) is 1. The summed E-state index contributed by atoms with van der Waals surface area (Å²) in [6.45, 7) is 7.76. The van der Waals surface area contributed by atoms with Crippen molar-refractivity contribution in [3.63, 3.8) is 0 Å². The number of nitrogens with zero attached hydrogens (tertiary/aromatic N) is 3. The van der Waals surface area contributed by atoms with Crippen LogP contribution in [-0.4, -0.2) is 52.0 Å². The van der Waals surface area contributed by atoms with Crippen LogP contribution in [0.5, 0.6) is 0 Å². The Morgan fingerprint density at radius 2 is 2.17 bits per heavy atom. The minimum Gasteiger partial charge on any atom is -0.389 e. The van der Waals surface area contributed by atoms with Crippen molar-refractivity contribution in [1.82, 2.24) is 14.5 Å². The average molecular weight is 317 g/mol. The topological polar surface area (TPSA) is 50.5 Å². The molecule has 2 heterocycles. The van der Waals surface area contributed by atoms with Crippen LogP contribution >= 0.6 is 0 Å². The van der Waals surface area contributed by atoms with E-state index in [1.807, 2.05) is 13.0 Å². The van der Waals surface area contributed by atoms with Crippen LogP contribution in [0.25, 0.3) is 11.0 Å². The minimum atomic E-state index is -0.435. The first-order valence-electron chi connectivity index (χ1n) is 8.69. The van der Waals surface area contributed by atoms with Gasteiger partial charge in [0.15, 0.2) is 0 Å². The number of likely N-dealkylation sites (tertiary alicyclic amines) is 1. The number of rotatable bonds is 7. The van der Waals surface area contributed by atoms with E-state index in [0.717, 1.165) is 37.3 Å². The molecule has 0 amide bonds. The molecular formula is C18H27N3O2. The zero-order valence-electron chi connectivity index (χ0n) is 14.1. The summed E-state index contributed by atoms with van der Waals surface area (Å²) < 4.78 is 7.65. The molecule has 2 atom stereocenters. The average Bonchev–Trinajstić information content (AvgIpc) is 3.16.